The summed E-state index contributed by atoms with van der Waals surface area (Å²) in [6.07, 6.45) is 7.36. The summed E-state index contributed by atoms with van der Waals surface area (Å²) in [5.74, 6) is 1.67. The van der Waals surface area contributed by atoms with Gasteiger partial charge in [0.05, 0.1) is 0 Å². The van der Waals surface area contributed by atoms with E-state index >= 15 is 0 Å². The molecule has 0 spiro atoms. The number of halogens is 1. The standard InChI is InChI=1S/C13H21Cl/c1-9-4-5-11-8-12(14)6-7-13(11,3)10(9)2/h5,9-10,12H,4,6-8H2,1-3H3. The molecular formula is C13H21Cl. The van der Waals surface area contributed by atoms with Gasteiger partial charge in [-0.1, -0.05) is 32.4 Å². The van der Waals surface area contributed by atoms with Gasteiger partial charge >= 0.3 is 0 Å². The van der Waals surface area contributed by atoms with E-state index in [1.54, 1.807) is 5.57 Å². The third-order valence-corrected chi connectivity index (χ3v) is 5.12. The normalized spacial score (nSPS) is 48.3. The van der Waals surface area contributed by atoms with Crippen molar-refractivity contribution in [2.75, 3.05) is 0 Å². The highest BCUT2D eigenvalue weighted by Crippen LogP contribution is 2.52. The van der Waals surface area contributed by atoms with Crippen molar-refractivity contribution in [1.29, 1.82) is 0 Å². The van der Waals surface area contributed by atoms with Gasteiger partial charge < -0.3 is 0 Å². The van der Waals surface area contributed by atoms with Crippen LogP contribution in [-0.4, -0.2) is 5.38 Å². The first kappa shape index (κ1) is 10.5. The molecule has 4 atom stereocenters. The van der Waals surface area contributed by atoms with Crippen LogP contribution in [0.15, 0.2) is 11.6 Å². The van der Waals surface area contributed by atoms with Crippen molar-refractivity contribution in [2.24, 2.45) is 17.3 Å². The fourth-order valence-electron chi connectivity index (χ4n) is 3.19. The zero-order valence-electron chi connectivity index (χ0n) is 9.52. The molecule has 0 bridgehead atoms. The molecule has 0 saturated heterocycles. The van der Waals surface area contributed by atoms with Gasteiger partial charge in [-0.3, -0.25) is 0 Å². The van der Waals surface area contributed by atoms with E-state index < -0.39 is 0 Å². The topological polar surface area (TPSA) is 0 Å². The van der Waals surface area contributed by atoms with Gasteiger partial charge in [0.2, 0.25) is 0 Å². The van der Waals surface area contributed by atoms with Crippen molar-refractivity contribution in [3.63, 3.8) is 0 Å². The molecule has 0 N–H and O–H groups in total. The van der Waals surface area contributed by atoms with Gasteiger partial charge in [0.1, 0.15) is 0 Å². The van der Waals surface area contributed by atoms with Gasteiger partial charge in [-0.2, -0.15) is 0 Å². The lowest BCUT2D eigenvalue weighted by atomic mass is 9.58. The number of alkyl halides is 1. The molecule has 2 aliphatic rings. The van der Waals surface area contributed by atoms with Crippen LogP contribution in [0.1, 0.15) is 46.5 Å². The van der Waals surface area contributed by atoms with Gasteiger partial charge in [0.15, 0.2) is 0 Å². The minimum atomic E-state index is 0.398. The number of hydrogen-bond donors (Lipinski definition) is 0. The van der Waals surface area contributed by atoms with Gasteiger partial charge in [0, 0.05) is 5.38 Å². The van der Waals surface area contributed by atoms with Crippen LogP contribution in [0.25, 0.3) is 0 Å². The van der Waals surface area contributed by atoms with E-state index in [1.807, 2.05) is 0 Å². The molecule has 4 unspecified atom stereocenters. The van der Waals surface area contributed by atoms with E-state index in [0.717, 1.165) is 18.3 Å². The maximum atomic E-state index is 6.24. The second-order valence-corrected chi connectivity index (χ2v) is 6.11. The maximum absolute atomic E-state index is 6.24. The van der Waals surface area contributed by atoms with Gasteiger partial charge in [-0.25, -0.2) is 0 Å². The molecular weight excluding hydrogens is 192 g/mol. The molecule has 1 heteroatoms. The second kappa shape index (κ2) is 3.56. The molecule has 0 aromatic heterocycles. The molecule has 80 valence electrons. The summed E-state index contributed by atoms with van der Waals surface area (Å²) >= 11 is 6.24. The number of fused-ring (bicyclic) bond motifs is 1. The summed E-state index contributed by atoms with van der Waals surface area (Å²) in [7, 11) is 0. The Balaban J connectivity index is 2.28. The fraction of sp³-hybridized carbons (Fsp3) is 0.846. The summed E-state index contributed by atoms with van der Waals surface area (Å²) in [4.78, 5) is 0. The Kier molecular flexibility index (Phi) is 2.68. The Morgan fingerprint density at radius 2 is 2.14 bits per heavy atom. The third-order valence-electron chi connectivity index (χ3n) is 4.75. The first-order chi connectivity index (χ1) is 6.54. The van der Waals surface area contributed by atoms with Crippen LogP contribution in [0.5, 0.6) is 0 Å². The predicted molar refractivity (Wildman–Crippen MR) is 62.6 cm³/mol. The smallest absolute Gasteiger partial charge is 0.0373 e. The molecule has 14 heavy (non-hydrogen) atoms. The minimum Gasteiger partial charge on any atom is -0.123 e. The fourth-order valence-corrected chi connectivity index (χ4v) is 3.46. The zero-order valence-corrected chi connectivity index (χ0v) is 10.3. The molecule has 1 fully saturated rings. The lowest BCUT2D eigenvalue weighted by Crippen LogP contribution is -2.39. The number of rotatable bonds is 0. The molecule has 1 saturated carbocycles. The lowest BCUT2D eigenvalue weighted by molar-refractivity contribution is 0.134. The van der Waals surface area contributed by atoms with Crippen molar-refractivity contribution in [1.82, 2.24) is 0 Å². The number of hydrogen-bond acceptors (Lipinski definition) is 0. The SMILES string of the molecule is CC1CC=C2CC(Cl)CCC2(C)C1C. The summed E-state index contributed by atoms with van der Waals surface area (Å²) in [6, 6.07) is 0. The van der Waals surface area contributed by atoms with Crippen LogP contribution in [0, 0.1) is 17.3 Å². The highest BCUT2D eigenvalue weighted by atomic mass is 35.5. The Morgan fingerprint density at radius 1 is 1.43 bits per heavy atom. The van der Waals surface area contributed by atoms with Crippen LogP contribution in [-0.2, 0) is 0 Å². The largest absolute Gasteiger partial charge is 0.123 e. The zero-order chi connectivity index (χ0) is 10.3. The maximum Gasteiger partial charge on any atom is 0.0373 e. The number of allylic oxidation sites excluding steroid dienone is 2. The van der Waals surface area contributed by atoms with E-state index in [-0.39, 0.29) is 0 Å². The van der Waals surface area contributed by atoms with Crippen LogP contribution in [0.3, 0.4) is 0 Å². The lowest BCUT2D eigenvalue weighted by Gasteiger charge is -2.48. The van der Waals surface area contributed by atoms with Gasteiger partial charge in [-0.05, 0) is 42.9 Å². The first-order valence-electron chi connectivity index (χ1n) is 5.87. The molecule has 0 aromatic rings. The van der Waals surface area contributed by atoms with Crippen molar-refractivity contribution >= 4 is 11.6 Å². The van der Waals surface area contributed by atoms with Crippen molar-refractivity contribution in [2.45, 2.75) is 51.8 Å². The predicted octanol–water partition coefficient (Wildman–Crippen LogP) is 4.39. The Hall–Kier alpha value is 0.0300. The molecule has 0 nitrogen and oxygen atoms in total. The van der Waals surface area contributed by atoms with Crippen LogP contribution in [0.2, 0.25) is 0 Å². The van der Waals surface area contributed by atoms with E-state index in [9.17, 15) is 0 Å². The van der Waals surface area contributed by atoms with Crippen LogP contribution in [0.4, 0.5) is 0 Å². The Morgan fingerprint density at radius 3 is 2.86 bits per heavy atom. The molecule has 2 aliphatic carbocycles. The molecule has 0 amide bonds. The summed E-state index contributed by atoms with van der Waals surface area (Å²) < 4.78 is 0. The Labute approximate surface area is 92.7 Å². The van der Waals surface area contributed by atoms with Crippen molar-refractivity contribution in [3.05, 3.63) is 11.6 Å². The average molecular weight is 213 g/mol. The molecule has 2 rings (SSSR count). The highest BCUT2D eigenvalue weighted by molar-refractivity contribution is 6.20. The van der Waals surface area contributed by atoms with E-state index in [0.29, 0.717) is 10.8 Å². The molecule has 0 aromatic carbocycles. The monoisotopic (exact) mass is 212 g/mol. The van der Waals surface area contributed by atoms with Gasteiger partial charge in [-0.15, -0.1) is 11.6 Å². The van der Waals surface area contributed by atoms with E-state index in [1.165, 1.54) is 19.3 Å². The second-order valence-electron chi connectivity index (χ2n) is 5.49. The summed E-state index contributed by atoms with van der Waals surface area (Å²) in [6.45, 7) is 7.25. The molecule has 0 radical (unpaired) electrons. The molecule has 0 aliphatic heterocycles. The minimum absolute atomic E-state index is 0.398. The van der Waals surface area contributed by atoms with Crippen LogP contribution < -0.4 is 0 Å². The third kappa shape index (κ3) is 1.52. The average Bonchev–Trinajstić information content (AvgIpc) is 2.16. The van der Waals surface area contributed by atoms with Crippen molar-refractivity contribution < 1.29 is 0 Å². The van der Waals surface area contributed by atoms with E-state index in [2.05, 4.69) is 26.8 Å². The van der Waals surface area contributed by atoms with Crippen LogP contribution >= 0.6 is 11.6 Å². The molecule has 0 heterocycles. The first-order valence-corrected chi connectivity index (χ1v) is 6.31. The summed E-state index contributed by atoms with van der Waals surface area (Å²) in [5, 5.41) is 0.398. The van der Waals surface area contributed by atoms with Crippen molar-refractivity contribution in [3.8, 4) is 0 Å². The summed E-state index contributed by atoms with van der Waals surface area (Å²) in [5.41, 5.74) is 2.11. The van der Waals surface area contributed by atoms with Gasteiger partial charge in [0.25, 0.3) is 0 Å². The van der Waals surface area contributed by atoms with E-state index in [4.69, 9.17) is 11.6 Å². The Bertz CT molecular complexity index is 256. The quantitative estimate of drug-likeness (QED) is 0.413. The highest BCUT2D eigenvalue weighted by Gasteiger charge is 2.42.